The van der Waals surface area contributed by atoms with Gasteiger partial charge in [0.05, 0.1) is 19.7 Å². The predicted octanol–water partition coefficient (Wildman–Crippen LogP) is 4.01. The zero-order chi connectivity index (χ0) is 19.2. The molecule has 1 fully saturated rings. The van der Waals surface area contributed by atoms with Crippen LogP contribution in [0.2, 0.25) is 0 Å². The van der Waals surface area contributed by atoms with E-state index >= 15 is 0 Å². The van der Waals surface area contributed by atoms with Gasteiger partial charge in [0, 0.05) is 24.7 Å². The van der Waals surface area contributed by atoms with Crippen molar-refractivity contribution in [3.05, 3.63) is 42.2 Å². The van der Waals surface area contributed by atoms with Gasteiger partial charge in [-0.25, -0.2) is 0 Å². The Labute approximate surface area is 162 Å². The standard InChI is InChI=1S/C22H31N3O2/c1-5-6-17(4)19-7-9-20(10-8-19)26-15-18-11-13-25(14-12-18)22-23-21(16(2)3)24-27-22/h7-10,16,18H,4-6,11-15H2,1-3H3/p+1. The van der Waals surface area contributed by atoms with E-state index in [4.69, 9.17) is 9.26 Å². The van der Waals surface area contributed by atoms with Crippen molar-refractivity contribution in [1.29, 1.82) is 0 Å². The minimum Gasteiger partial charge on any atom is -0.493 e. The van der Waals surface area contributed by atoms with Crippen LogP contribution in [0.15, 0.2) is 35.4 Å². The smallest absolute Gasteiger partial charge is 0.425 e. The van der Waals surface area contributed by atoms with E-state index in [0.29, 0.717) is 11.8 Å². The molecule has 0 atom stereocenters. The van der Waals surface area contributed by atoms with Crippen molar-refractivity contribution >= 4 is 11.6 Å². The Hall–Kier alpha value is -2.14. The third kappa shape index (κ3) is 5.19. The molecule has 1 aromatic carbocycles. The second-order valence-electron chi connectivity index (χ2n) is 7.85. The highest BCUT2D eigenvalue weighted by atomic mass is 16.5. The number of rotatable bonds is 8. The van der Waals surface area contributed by atoms with E-state index in [1.807, 2.05) is 0 Å². The number of quaternary nitrogens is 1. The summed E-state index contributed by atoms with van der Waals surface area (Å²) in [5.74, 6) is 2.62. The molecule has 5 heteroatoms. The zero-order valence-electron chi connectivity index (χ0n) is 16.8. The van der Waals surface area contributed by atoms with Crippen LogP contribution in [0.1, 0.15) is 63.8 Å². The first kappa shape index (κ1) is 19.6. The second kappa shape index (κ2) is 9.18. The summed E-state index contributed by atoms with van der Waals surface area (Å²) >= 11 is 0. The Morgan fingerprint density at radius 3 is 2.56 bits per heavy atom. The Bertz CT molecular complexity index is 728. The average molecular weight is 371 g/mol. The summed E-state index contributed by atoms with van der Waals surface area (Å²) in [5.41, 5.74) is 2.41. The Morgan fingerprint density at radius 1 is 1.26 bits per heavy atom. The number of nitrogens with zero attached hydrogens (tertiary/aromatic N) is 2. The maximum atomic E-state index is 6.03. The van der Waals surface area contributed by atoms with Crippen molar-refractivity contribution < 1.29 is 14.2 Å². The molecule has 1 aromatic heterocycles. The fourth-order valence-electron chi connectivity index (χ4n) is 3.47. The summed E-state index contributed by atoms with van der Waals surface area (Å²) < 4.78 is 11.5. The van der Waals surface area contributed by atoms with Crippen LogP contribution in [0.5, 0.6) is 5.75 Å². The van der Waals surface area contributed by atoms with Gasteiger partial charge < -0.3 is 4.74 Å². The highest BCUT2D eigenvalue weighted by Crippen LogP contribution is 2.22. The van der Waals surface area contributed by atoms with Crippen LogP contribution in [-0.4, -0.2) is 29.8 Å². The van der Waals surface area contributed by atoms with Crippen molar-refractivity contribution in [2.45, 2.75) is 52.4 Å². The van der Waals surface area contributed by atoms with Crippen molar-refractivity contribution in [3.63, 3.8) is 0 Å². The van der Waals surface area contributed by atoms with Crippen LogP contribution < -0.4 is 9.64 Å². The van der Waals surface area contributed by atoms with Gasteiger partial charge in [-0.05, 0) is 29.7 Å². The molecule has 0 saturated carbocycles. The van der Waals surface area contributed by atoms with Crippen LogP contribution in [0.4, 0.5) is 6.01 Å². The summed E-state index contributed by atoms with van der Waals surface area (Å²) in [5, 5.41) is 4.08. The van der Waals surface area contributed by atoms with Crippen LogP contribution in [0, 0.1) is 5.92 Å². The number of hydrogen-bond donors (Lipinski definition) is 1. The molecular weight excluding hydrogens is 338 g/mol. The quantitative estimate of drug-likeness (QED) is 0.763. The Morgan fingerprint density at radius 2 is 1.96 bits per heavy atom. The zero-order valence-corrected chi connectivity index (χ0v) is 16.8. The summed E-state index contributed by atoms with van der Waals surface area (Å²) in [6.45, 7) is 13.3. The van der Waals surface area contributed by atoms with E-state index < -0.39 is 0 Å². The lowest BCUT2D eigenvalue weighted by Crippen LogP contribution is -3.08. The topological polar surface area (TPSA) is 52.6 Å². The molecule has 27 heavy (non-hydrogen) atoms. The van der Waals surface area contributed by atoms with Gasteiger partial charge in [-0.3, -0.25) is 9.42 Å². The first-order chi connectivity index (χ1) is 13.1. The first-order valence-electron chi connectivity index (χ1n) is 10.2. The fourth-order valence-corrected chi connectivity index (χ4v) is 3.47. The summed E-state index contributed by atoms with van der Waals surface area (Å²) in [4.78, 5) is 5.83. The van der Waals surface area contributed by atoms with E-state index in [2.05, 4.69) is 61.8 Å². The maximum absolute atomic E-state index is 6.03. The molecule has 3 rings (SSSR count). The van der Waals surface area contributed by atoms with E-state index in [1.54, 1.807) is 0 Å². The van der Waals surface area contributed by atoms with Gasteiger partial charge in [0.1, 0.15) is 5.75 Å². The minimum atomic E-state index is 0.304. The van der Waals surface area contributed by atoms with Gasteiger partial charge in [0.15, 0.2) is 5.82 Å². The van der Waals surface area contributed by atoms with Crippen molar-refractivity contribution in [1.82, 2.24) is 10.1 Å². The molecule has 0 spiro atoms. The third-order valence-corrected chi connectivity index (χ3v) is 5.27. The molecule has 0 bridgehead atoms. The van der Waals surface area contributed by atoms with Gasteiger partial charge >= 0.3 is 6.01 Å². The van der Waals surface area contributed by atoms with Gasteiger partial charge in [-0.1, -0.05) is 51.1 Å². The highest BCUT2D eigenvalue weighted by Gasteiger charge is 2.28. The summed E-state index contributed by atoms with van der Waals surface area (Å²) in [6.07, 6.45) is 4.39. The molecule has 1 N–H and O–H groups in total. The van der Waals surface area contributed by atoms with Crippen LogP contribution in [0.3, 0.4) is 0 Å². The van der Waals surface area contributed by atoms with Crippen LogP contribution in [-0.2, 0) is 0 Å². The number of allylic oxidation sites excluding steroid dienone is 1. The average Bonchev–Trinajstić information content (AvgIpc) is 3.18. The molecule has 0 unspecified atom stereocenters. The minimum absolute atomic E-state index is 0.304. The summed E-state index contributed by atoms with van der Waals surface area (Å²) in [6, 6.07) is 9.08. The fraction of sp³-hybridized carbons (Fsp3) is 0.545. The maximum Gasteiger partial charge on any atom is 0.425 e. The molecule has 0 radical (unpaired) electrons. The van der Waals surface area contributed by atoms with E-state index in [1.165, 1.54) is 16.0 Å². The normalized spacial score (nSPS) is 20.0. The Balaban J connectivity index is 1.44. The number of aromatic nitrogens is 2. The molecule has 0 amide bonds. The van der Waals surface area contributed by atoms with E-state index in [0.717, 1.165) is 63.0 Å². The molecule has 0 aliphatic carbocycles. The molecule has 1 aliphatic heterocycles. The Kier molecular flexibility index (Phi) is 6.67. The highest BCUT2D eigenvalue weighted by molar-refractivity contribution is 5.63. The molecule has 1 aliphatic rings. The number of piperidine rings is 1. The van der Waals surface area contributed by atoms with Gasteiger partial charge in [-0.2, -0.15) is 0 Å². The van der Waals surface area contributed by atoms with Gasteiger partial charge in [0.25, 0.3) is 0 Å². The molecule has 2 aromatic rings. The number of ether oxygens (including phenoxy) is 1. The molecule has 1 saturated heterocycles. The predicted molar refractivity (Wildman–Crippen MR) is 107 cm³/mol. The summed E-state index contributed by atoms with van der Waals surface area (Å²) in [7, 11) is 0. The largest absolute Gasteiger partial charge is 0.493 e. The lowest BCUT2D eigenvalue weighted by atomic mass is 9.98. The lowest BCUT2D eigenvalue weighted by Gasteiger charge is -2.26. The van der Waals surface area contributed by atoms with Crippen LogP contribution in [0.25, 0.3) is 5.57 Å². The first-order valence-corrected chi connectivity index (χ1v) is 10.2. The van der Waals surface area contributed by atoms with Gasteiger partial charge in [-0.15, -0.1) is 4.98 Å². The molecule has 2 heterocycles. The van der Waals surface area contributed by atoms with Crippen molar-refractivity contribution in [2.75, 3.05) is 19.7 Å². The van der Waals surface area contributed by atoms with Crippen molar-refractivity contribution in [2.24, 2.45) is 5.92 Å². The monoisotopic (exact) mass is 370 g/mol. The SMILES string of the molecule is C=C(CCC)c1ccc(OCC2CC[NH+](c3nc(C(C)C)no3)CC2)cc1. The number of nitrogens with one attached hydrogen (secondary N) is 1. The molecular formula is C22H32N3O2+. The van der Waals surface area contributed by atoms with E-state index in [-0.39, 0.29) is 0 Å². The second-order valence-corrected chi connectivity index (χ2v) is 7.85. The lowest BCUT2D eigenvalue weighted by molar-refractivity contribution is -0.851. The number of benzene rings is 1. The molecule has 146 valence electrons. The van der Waals surface area contributed by atoms with E-state index in [9.17, 15) is 0 Å². The van der Waals surface area contributed by atoms with Crippen molar-refractivity contribution in [3.8, 4) is 5.75 Å². The third-order valence-electron chi connectivity index (χ3n) is 5.27. The van der Waals surface area contributed by atoms with Gasteiger partial charge in [0.2, 0.25) is 0 Å². The molecule has 5 nitrogen and oxygen atoms in total. The number of hydrogen-bond acceptors (Lipinski definition) is 4. The van der Waals surface area contributed by atoms with Crippen LogP contribution >= 0.6 is 0 Å².